The van der Waals surface area contributed by atoms with E-state index in [0.717, 1.165) is 6.04 Å². The van der Waals surface area contributed by atoms with Gasteiger partial charge < -0.3 is 10.6 Å². The Bertz CT molecular complexity index is 412. The van der Waals surface area contributed by atoms with Crippen LogP contribution in [0.2, 0.25) is 0 Å². The highest BCUT2D eigenvalue weighted by atomic mass is 15.3. The number of nitrogens with two attached hydrogens (primary N) is 1. The zero-order valence-electron chi connectivity index (χ0n) is 11.7. The molecule has 2 saturated heterocycles. The quantitative estimate of drug-likeness (QED) is 0.903. The summed E-state index contributed by atoms with van der Waals surface area (Å²) < 4.78 is 0. The van der Waals surface area contributed by atoms with Gasteiger partial charge in [-0.1, -0.05) is 24.6 Å². The Morgan fingerprint density at radius 2 is 1.84 bits per heavy atom. The van der Waals surface area contributed by atoms with Crippen LogP contribution in [0.1, 0.15) is 31.2 Å². The van der Waals surface area contributed by atoms with Crippen LogP contribution in [0.15, 0.2) is 24.3 Å². The lowest BCUT2D eigenvalue weighted by Crippen LogP contribution is -2.41. The highest BCUT2D eigenvalue weighted by Gasteiger charge is 2.29. The summed E-state index contributed by atoms with van der Waals surface area (Å²) in [4.78, 5) is 5.23. The Hall–Kier alpha value is -1.06. The number of benzene rings is 1. The summed E-state index contributed by atoms with van der Waals surface area (Å²) in [5.41, 5.74) is 8.49. The number of nitrogens with zero attached hydrogens (tertiary/aromatic N) is 2. The van der Waals surface area contributed by atoms with Crippen molar-refractivity contribution in [2.75, 3.05) is 31.1 Å². The second-order valence-electron chi connectivity index (χ2n) is 5.82. The third-order valence-electron chi connectivity index (χ3n) is 4.62. The van der Waals surface area contributed by atoms with E-state index in [-0.39, 0.29) is 0 Å². The smallest absolute Gasteiger partial charge is 0.0412 e. The molecule has 0 radical (unpaired) electrons. The normalized spacial score (nSPS) is 24.9. The molecule has 0 amide bonds. The largest absolute Gasteiger partial charge is 0.370 e. The Kier molecular flexibility index (Phi) is 4.04. The first-order valence-electron chi connectivity index (χ1n) is 7.65. The fourth-order valence-corrected chi connectivity index (χ4v) is 3.53. The fourth-order valence-electron chi connectivity index (χ4n) is 3.53. The van der Waals surface area contributed by atoms with E-state index in [2.05, 4.69) is 34.1 Å². The van der Waals surface area contributed by atoms with E-state index in [1.165, 1.54) is 63.1 Å². The molecule has 2 N–H and O–H groups in total. The number of likely N-dealkylation sites (tertiary alicyclic amines) is 1. The topological polar surface area (TPSA) is 32.5 Å². The summed E-state index contributed by atoms with van der Waals surface area (Å²) in [7, 11) is 0. The maximum atomic E-state index is 5.86. The van der Waals surface area contributed by atoms with E-state index in [1.807, 2.05) is 0 Å². The van der Waals surface area contributed by atoms with Crippen molar-refractivity contribution in [3.05, 3.63) is 29.8 Å². The summed E-state index contributed by atoms with van der Waals surface area (Å²) in [5, 5.41) is 0. The summed E-state index contributed by atoms with van der Waals surface area (Å²) in [5.74, 6) is 0. The van der Waals surface area contributed by atoms with Gasteiger partial charge in [-0.05, 0) is 44.0 Å². The van der Waals surface area contributed by atoms with Gasteiger partial charge in [-0.25, -0.2) is 0 Å². The van der Waals surface area contributed by atoms with Crippen LogP contribution in [0.25, 0.3) is 0 Å². The van der Waals surface area contributed by atoms with Gasteiger partial charge in [0.05, 0.1) is 0 Å². The molecule has 3 nitrogen and oxygen atoms in total. The van der Waals surface area contributed by atoms with Crippen molar-refractivity contribution < 1.29 is 0 Å². The zero-order chi connectivity index (χ0) is 13.1. The van der Waals surface area contributed by atoms with Gasteiger partial charge >= 0.3 is 0 Å². The van der Waals surface area contributed by atoms with E-state index < -0.39 is 0 Å². The number of piperidine rings is 1. The summed E-state index contributed by atoms with van der Waals surface area (Å²) in [6.45, 7) is 5.60. The Morgan fingerprint density at radius 1 is 1.05 bits per heavy atom. The van der Waals surface area contributed by atoms with Gasteiger partial charge in [0.2, 0.25) is 0 Å². The Morgan fingerprint density at radius 3 is 2.63 bits per heavy atom. The van der Waals surface area contributed by atoms with Gasteiger partial charge in [-0.2, -0.15) is 0 Å². The van der Waals surface area contributed by atoms with Crippen molar-refractivity contribution in [3.8, 4) is 0 Å². The first-order valence-corrected chi connectivity index (χ1v) is 7.65. The minimum absolute atomic E-state index is 0.640. The molecule has 1 atom stereocenters. The summed E-state index contributed by atoms with van der Waals surface area (Å²) in [6.07, 6.45) is 5.49. The van der Waals surface area contributed by atoms with E-state index in [1.54, 1.807) is 0 Å². The summed E-state index contributed by atoms with van der Waals surface area (Å²) in [6, 6.07) is 9.35. The minimum atomic E-state index is 0.640. The first kappa shape index (κ1) is 12.9. The van der Waals surface area contributed by atoms with Crippen molar-refractivity contribution in [2.45, 2.75) is 38.3 Å². The standard InChI is InChI=1S/C16H25N3/c17-12-14-6-2-3-7-16(14)19-11-8-15(13-19)18-9-4-1-5-10-18/h2-3,6-7,15H,1,4-5,8-13,17H2. The molecule has 1 unspecified atom stereocenters. The molecule has 0 spiro atoms. The van der Waals surface area contributed by atoms with Gasteiger partial charge in [0, 0.05) is 31.4 Å². The monoisotopic (exact) mass is 259 g/mol. The van der Waals surface area contributed by atoms with E-state index >= 15 is 0 Å². The molecule has 3 heteroatoms. The maximum absolute atomic E-state index is 5.86. The van der Waals surface area contributed by atoms with E-state index in [0.29, 0.717) is 6.54 Å². The number of anilines is 1. The highest BCUT2D eigenvalue weighted by Crippen LogP contribution is 2.27. The molecular formula is C16H25N3. The molecule has 104 valence electrons. The number of para-hydroxylation sites is 1. The lowest BCUT2D eigenvalue weighted by Gasteiger charge is -2.32. The third-order valence-corrected chi connectivity index (χ3v) is 4.62. The maximum Gasteiger partial charge on any atom is 0.0412 e. The van der Waals surface area contributed by atoms with E-state index in [9.17, 15) is 0 Å². The molecule has 1 aromatic rings. The van der Waals surface area contributed by atoms with Crippen molar-refractivity contribution in [1.82, 2.24) is 4.90 Å². The predicted octanol–water partition coefficient (Wildman–Crippen LogP) is 2.21. The highest BCUT2D eigenvalue weighted by molar-refractivity contribution is 5.54. The molecule has 0 bridgehead atoms. The van der Waals surface area contributed by atoms with Gasteiger partial charge in [0.15, 0.2) is 0 Å². The van der Waals surface area contributed by atoms with Crippen LogP contribution in [-0.4, -0.2) is 37.1 Å². The lowest BCUT2D eigenvalue weighted by atomic mass is 10.1. The second kappa shape index (κ2) is 5.93. The molecule has 0 saturated carbocycles. The summed E-state index contributed by atoms with van der Waals surface area (Å²) >= 11 is 0. The van der Waals surface area contributed by atoms with Gasteiger partial charge in [-0.3, -0.25) is 4.90 Å². The fraction of sp³-hybridized carbons (Fsp3) is 0.625. The SMILES string of the molecule is NCc1ccccc1N1CCC(N2CCCCC2)C1. The van der Waals surface area contributed by atoms with Crippen molar-refractivity contribution in [2.24, 2.45) is 5.73 Å². The van der Waals surface area contributed by atoms with Crippen LogP contribution in [0.3, 0.4) is 0 Å². The molecule has 2 fully saturated rings. The molecule has 19 heavy (non-hydrogen) atoms. The van der Waals surface area contributed by atoms with Gasteiger partial charge in [-0.15, -0.1) is 0 Å². The molecule has 2 aliphatic rings. The minimum Gasteiger partial charge on any atom is -0.370 e. The number of hydrogen-bond donors (Lipinski definition) is 1. The zero-order valence-corrected chi connectivity index (χ0v) is 11.7. The molecule has 2 heterocycles. The van der Waals surface area contributed by atoms with Crippen LogP contribution in [-0.2, 0) is 6.54 Å². The van der Waals surface area contributed by atoms with Crippen LogP contribution in [0.4, 0.5) is 5.69 Å². The average Bonchev–Trinajstić information content (AvgIpc) is 2.98. The Labute approximate surface area is 116 Å². The molecule has 0 aromatic heterocycles. The second-order valence-corrected chi connectivity index (χ2v) is 5.82. The van der Waals surface area contributed by atoms with Crippen molar-refractivity contribution >= 4 is 5.69 Å². The van der Waals surface area contributed by atoms with Gasteiger partial charge in [0.1, 0.15) is 0 Å². The van der Waals surface area contributed by atoms with Crippen molar-refractivity contribution in [1.29, 1.82) is 0 Å². The molecule has 1 aromatic carbocycles. The molecular weight excluding hydrogens is 234 g/mol. The average molecular weight is 259 g/mol. The van der Waals surface area contributed by atoms with E-state index in [4.69, 9.17) is 5.73 Å². The van der Waals surface area contributed by atoms with Crippen LogP contribution in [0, 0.1) is 0 Å². The predicted molar refractivity (Wildman–Crippen MR) is 80.4 cm³/mol. The van der Waals surface area contributed by atoms with Crippen LogP contribution in [0.5, 0.6) is 0 Å². The number of rotatable bonds is 3. The lowest BCUT2D eigenvalue weighted by molar-refractivity contribution is 0.175. The van der Waals surface area contributed by atoms with Crippen molar-refractivity contribution in [3.63, 3.8) is 0 Å². The Balaban J connectivity index is 1.67. The van der Waals surface area contributed by atoms with Crippen LogP contribution >= 0.6 is 0 Å². The molecule has 2 aliphatic heterocycles. The van der Waals surface area contributed by atoms with Crippen LogP contribution < -0.4 is 10.6 Å². The third kappa shape index (κ3) is 2.77. The first-order chi connectivity index (χ1) is 9.38. The molecule has 0 aliphatic carbocycles. The molecule has 3 rings (SSSR count). The number of hydrogen-bond acceptors (Lipinski definition) is 3. The van der Waals surface area contributed by atoms with Gasteiger partial charge in [0.25, 0.3) is 0 Å².